The number of nitrogens with one attached hydrogen (secondary N) is 1. The molecule has 20 heavy (non-hydrogen) atoms. The third kappa shape index (κ3) is 3.16. The minimum absolute atomic E-state index is 0.125. The molecule has 0 saturated carbocycles. The number of rotatable bonds is 6. The number of carbonyl (C=O) groups is 1. The zero-order valence-corrected chi connectivity index (χ0v) is 12.1. The first-order valence-corrected chi connectivity index (χ1v) is 6.72. The zero-order valence-electron chi connectivity index (χ0n) is 11.4. The molecule has 2 aromatic heterocycles. The molecular formula is C12H16ClN5O2. The van der Waals surface area contributed by atoms with Gasteiger partial charge in [-0.15, -0.1) is 0 Å². The van der Waals surface area contributed by atoms with Crippen LogP contribution in [0.25, 0.3) is 11.2 Å². The summed E-state index contributed by atoms with van der Waals surface area (Å²) in [5.41, 5.74) is 1.33. The molecular weight excluding hydrogens is 282 g/mol. The Labute approximate surface area is 121 Å². The average molecular weight is 298 g/mol. The number of fused-ring (bicyclic) bond motifs is 1. The Morgan fingerprint density at radius 3 is 3.00 bits per heavy atom. The van der Waals surface area contributed by atoms with Crippen LogP contribution in [0.1, 0.15) is 19.8 Å². The Morgan fingerprint density at radius 1 is 1.50 bits per heavy atom. The summed E-state index contributed by atoms with van der Waals surface area (Å²) in [6.07, 6.45) is 2.93. The molecule has 0 fully saturated rings. The molecule has 2 heterocycles. The molecule has 1 N–H and O–H groups in total. The molecule has 108 valence electrons. The second kappa shape index (κ2) is 6.51. The van der Waals surface area contributed by atoms with Gasteiger partial charge in [-0.3, -0.25) is 4.79 Å². The van der Waals surface area contributed by atoms with Crippen molar-refractivity contribution in [2.24, 2.45) is 0 Å². The Morgan fingerprint density at radius 2 is 2.30 bits per heavy atom. The van der Waals surface area contributed by atoms with Gasteiger partial charge in [0.15, 0.2) is 11.5 Å². The van der Waals surface area contributed by atoms with Crippen molar-refractivity contribution in [1.29, 1.82) is 0 Å². The molecule has 0 aliphatic rings. The molecule has 0 aromatic carbocycles. The van der Waals surface area contributed by atoms with E-state index < -0.39 is 0 Å². The standard InChI is InChI=1S/C12H16ClN5O2/c1-3-6-18-7-15-11-9(18)10(16-12(13)17-11)14-5-4-8(19)20-2/h7H,3-6H2,1-2H3,(H,14,16,17). The number of esters is 1. The largest absolute Gasteiger partial charge is 0.469 e. The van der Waals surface area contributed by atoms with Gasteiger partial charge in [-0.05, 0) is 18.0 Å². The SMILES string of the molecule is CCCn1cnc2nc(Cl)nc(NCCC(=O)OC)c21. The van der Waals surface area contributed by atoms with E-state index in [0.29, 0.717) is 18.0 Å². The van der Waals surface area contributed by atoms with E-state index in [0.717, 1.165) is 18.5 Å². The van der Waals surface area contributed by atoms with Crippen LogP contribution >= 0.6 is 11.6 Å². The van der Waals surface area contributed by atoms with Gasteiger partial charge in [-0.1, -0.05) is 6.92 Å². The molecule has 0 aliphatic heterocycles. The maximum Gasteiger partial charge on any atom is 0.307 e. The van der Waals surface area contributed by atoms with Crippen LogP contribution in [0, 0.1) is 0 Å². The lowest BCUT2D eigenvalue weighted by Gasteiger charge is -2.09. The van der Waals surface area contributed by atoms with Crippen molar-refractivity contribution < 1.29 is 9.53 Å². The van der Waals surface area contributed by atoms with Crippen molar-refractivity contribution in [3.8, 4) is 0 Å². The fourth-order valence-corrected chi connectivity index (χ4v) is 2.04. The van der Waals surface area contributed by atoms with Crippen LogP contribution in [-0.2, 0) is 16.1 Å². The van der Waals surface area contributed by atoms with Crippen molar-refractivity contribution in [2.45, 2.75) is 26.3 Å². The van der Waals surface area contributed by atoms with E-state index in [-0.39, 0.29) is 17.7 Å². The van der Waals surface area contributed by atoms with Gasteiger partial charge in [-0.25, -0.2) is 4.98 Å². The van der Waals surface area contributed by atoms with Gasteiger partial charge in [0.2, 0.25) is 5.28 Å². The highest BCUT2D eigenvalue weighted by molar-refractivity contribution is 6.28. The summed E-state index contributed by atoms with van der Waals surface area (Å²) in [6.45, 7) is 3.30. The van der Waals surface area contributed by atoms with Crippen LogP contribution in [0.3, 0.4) is 0 Å². The van der Waals surface area contributed by atoms with Crippen molar-refractivity contribution in [3.05, 3.63) is 11.6 Å². The summed E-state index contributed by atoms with van der Waals surface area (Å²) in [5, 5.41) is 3.21. The third-order valence-electron chi connectivity index (χ3n) is 2.76. The summed E-state index contributed by atoms with van der Waals surface area (Å²) in [6, 6.07) is 0. The number of nitrogens with zero attached hydrogens (tertiary/aromatic N) is 4. The molecule has 0 radical (unpaired) electrons. The Balaban J connectivity index is 2.25. The topological polar surface area (TPSA) is 81.9 Å². The molecule has 0 saturated heterocycles. The fraction of sp³-hybridized carbons (Fsp3) is 0.500. The highest BCUT2D eigenvalue weighted by atomic mass is 35.5. The van der Waals surface area contributed by atoms with Gasteiger partial charge >= 0.3 is 5.97 Å². The van der Waals surface area contributed by atoms with Crippen LogP contribution in [0.4, 0.5) is 5.82 Å². The molecule has 0 amide bonds. The number of hydrogen-bond acceptors (Lipinski definition) is 6. The Kier molecular flexibility index (Phi) is 4.73. The Hall–Kier alpha value is -1.89. The summed E-state index contributed by atoms with van der Waals surface area (Å²) < 4.78 is 6.56. The van der Waals surface area contributed by atoms with E-state index >= 15 is 0 Å². The zero-order chi connectivity index (χ0) is 14.5. The fourth-order valence-electron chi connectivity index (χ4n) is 1.87. The van der Waals surface area contributed by atoms with E-state index in [1.54, 1.807) is 6.33 Å². The minimum Gasteiger partial charge on any atom is -0.469 e. The first-order valence-electron chi connectivity index (χ1n) is 6.34. The molecule has 8 heteroatoms. The van der Waals surface area contributed by atoms with Crippen molar-refractivity contribution in [2.75, 3.05) is 19.0 Å². The highest BCUT2D eigenvalue weighted by Crippen LogP contribution is 2.21. The smallest absolute Gasteiger partial charge is 0.307 e. The van der Waals surface area contributed by atoms with E-state index in [2.05, 4.69) is 31.9 Å². The van der Waals surface area contributed by atoms with Crippen LogP contribution in [0.15, 0.2) is 6.33 Å². The van der Waals surface area contributed by atoms with E-state index in [1.807, 2.05) is 4.57 Å². The number of ether oxygens (including phenoxy) is 1. The number of aryl methyl sites for hydroxylation is 1. The minimum atomic E-state index is -0.282. The molecule has 7 nitrogen and oxygen atoms in total. The molecule has 0 bridgehead atoms. The molecule has 2 aromatic rings. The van der Waals surface area contributed by atoms with Crippen molar-refractivity contribution >= 4 is 34.6 Å². The van der Waals surface area contributed by atoms with Crippen LogP contribution in [0.5, 0.6) is 0 Å². The first-order chi connectivity index (χ1) is 9.65. The number of imidazole rings is 1. The van der Waals surface area contributed by atoms with E-state index in [9.17, 15) is 4.79 Å². The lowest BCUT2D eigenvalue weighted by Crippen LogP contribution is -2.12. The van der Waals surface area contributed by atoms with Crippen molar-refractivity contribution in [3.63, 3.8) is 0 Å². The Bertz CT molecular complexity index is 613. The molecule has 0 aliphatic carbocycles. The van der Waals surface area contributed by atoms with Crippen LogP contribution in [-0.4, -0.2) is 39.1 Å². The predicted octanol–water partition coefficient (Wildman–Crippen LogP) is 1.86. The van der Waals surface area contributed by atoms with Gasteiger partial charge in [0, 0.05) is 13.1 Å². The van der Waals surface area contributed by atoms with Gasteiger partial charge in [0.05, 0.1) is 19.9 Å². The summed E-state index contributed by atoms with van der Waals surface area (Å²) in [4.78, 5) is 23.6. The van der Waals surface area contributed by atoms with Gasteiger partial charge in [0.25, 0.3) is 0 Å². The van der Waals surface area contributed by atoms with Gasteiger partial charge in [-0.2, -0.15) is 9.97 Å². The average Bonchev–Trinajstić information content (AvgIpc) is 2.82. The predicted molar refractivity (Wildman–Crippen MR) is 75.7 cm³/mol. The van der Waals surface area contributed by atoms with E-state index in [4.69, 9.17) is 11.6 Å². The molecule has 2 rings (SSSR count). The third-order valence-corrected chi connectivity index (χ3v) is 2.93. The molecule has 0 atom stereocenters. The number of carbonyl (C=O) groups excluding carboxylic acids is 1. The van der Waals surface area contributed by atoms with Crippen molar-refractivity contribution in [1.82, 2.24) is 19.5 Å². The number of hydrogen-bond donors (Lipinski definition) is 1. The summed E-state index contributed by atoms with van der Waals surface area (Å²) in [5.74, 6) is 0.297. The number of halogens is 1. The van der Waals surface area contributed by atoms with Gasteiger partial charge < -0.3 is 14.6 Å². The lowest BCUT2D eigenvalue weighted by molar-refractivity contribution is -0.140. The lowest BCUT2D eigenvalue weighted by atomic mass is 10.4. The molecule has 0 unspecified atom stereocenters. The number of methoxy groups -OCH3 is 1. The van der Waals surface area contributed by atoms with E-state index in [1.165, 1.54) is 7.11 Å². The highest BCUT2D eigenvalue weighted by Gasteiger charge is 2.12. The monoisotopic (exact) mass is 297 g/mol. The van der Waals surface area contributed by atoms with Crippen LogP contribution < -0.4 is 5.32 Å². The second-order valence-corrected chi connectivity index (χ2v) is 4.54. The maximum atomic E-state index is 11.1. The van der Waals surface area contributed by atoms with Gasteiger partial charge in [0.1, 0.15) is 5.52 Å². The number of anilines is 1. The number of aromatic nitrogens is 4. The second-order valence-electron chi connectivity index (χ2n) is 4.20. The first kappa shape index (κ1) is 14.5. The summed E-state index contributed by atoms with van der Waals surface area (Å²) >= 11 is 5.88. The van der Waals surface area contributed by atoms with Crippen LogP contribution in [0.2, 0.25) is 5.28 Å². The normalized spacial score (nSPS) is 10.8. The summed E-state index contributed by atoms with van der Waals surface area (Å²) in [7, 11) is 1.36. The maximum absolute atomic E-state index is 11.1. The quantitative estimate of drug-likeness (QED) is 0.647. The molecule has 0 spiro atoms.